The molecular weight excluding hydrogens is 374 g/mol. The third kappa shape index (κ3) is 2.60. The Kier molecular flexibility index (Phi) is 3.45. The van der Waals surface area contributed by atoms with Crippen molar-refractivity contribution in [2.75, 3.05) is 6.54 Å². The smallest absolute Gasteiger partial charge is 0.254 e. The largest absolute Gasteiger partial charge is 0.332 e. The second-order valence-corrected chi connectivity index (χ2v) is 6.25. The molecule has 0 saturated carbocycles. The fourth-order valence-electron chi connectivity index (χ4n) is 2.21. The zero-order chi connectivity index (χ0) is 13.4. The lowest BCUT2D eigenvalue weighted by Crippen LogP contribution is -2.38. The first-order valence-electron chi connectivity index (χ1n) is 5.89. The van der Waals surface area contributed by atoms with Crippen LogP contribution in [0.3, 0.4) is 0 Å². The Bertz CT molecular complexity index is 618. The minimum atomic E-state index is 0.0382. The maximum absolute atomic E-state index is 12.5. The highest BCUT2D eigenvalue weighted by Crippen LogP contribution is 2.22. The third-order valence-corrected chi connectivity index (χ3v) is 4.06. The van der Waals surface area contributed by atoms with Crippen LogP contribution in [0.25, 0.3) is 0 Å². The molecule has 0 aliphatic carbocycles. The molecule has 1 aliphatic rings. The van der Waals surface area contributed by atoms with Gasteiger partial charge in [-0.3, -0.25) is 4.79 Å². The van der Waals surface area contributed by atoms with Crippen molar-refractivity contribution in [3.05, 3.63) is 50.9 Å². The number of benzene rings is 1. The zero-order valence-electron chi connectivity index (χ0n) is 10.0. The number of nitrogens with zero attached hydrogens (tertiary/aromatic N) is 3. The molecule has 19 heavy (non-hydrogen) atoms. The van der Waals surface area contributed by atoms with E-state index in [0.717, 1.165) is 21.3 Å². The summed E-state index contributed by atoms with van der Waals surface area (Å²) >= 11 is 6.82. The molecule has 98 valence electrons. The van der Waals surface area contributed by atoms with E-state index in [1.54, 1.807) is 6.20 Å². The van der Waals surface area contributed by atoms with E-state index in [2.05, 4.69) is 41.4 Å². The van der Waals surface area contributed by atoms with Gasteiger partial charge in [-0.25, -0.2) is 4.98 Å². The predicted octanol–water partition coefficient (Wildman–Crippen LogP) is 3.06. The molecule has 0 atom stereocenters. The van der Waals surface area contributed by atoms with E-state index in [-0.39, 0.29) is 5.91 Å². The fraction of sp³-hybridized carbons (Fsp3) is 0.231. The Labute approximate surface area is 127 Å². The van der Waals surface area contributed by atoms with Gasteiger partial charge in [-0.15, -0.1) is 0 Å². The van der Waals surface area contributed by atoms with Crippen LogP contribution < -0.4 is 0 Å². The molecular formula is C13H11Br2N3O. The van der Waals surface area contributed by atoms with Gasteiger partial charge in [-0.05, 0) is 18.2 Å². The SMILES string of the molecule is O=C(c1cc(Br)cc(Br)c1)N1CCn2ccnc2C1. The quantitative estimate of drug-likeness (QED) is 0.757. The van der Waals surface area contributed by atoms with Gasteiger partial charge < -0.3 is 9.47 Å². The van der Waals surface area contributed by atoms with Gasteiger partial charge in [0.15, 0.2) is 0 Å². The van der Waals surface area contributed by atoms with Crippen molar-refractivity contribution in [3.8, 4) is 0 Å². The number of carbonyl (C=O) groups excluding carboxylic acids is 1. The molecule has 2 aromatic rings. The number of fused-ring (bicyclic) bond motifs is 1. The molecule has 0 radical (unpaired) electrons. The first kappa shape index (κ1) is 12.9. The number of hydrogen-bond acceptors (Lipinski definition) is 2. The summed E-state index contributed by atoms with van der Waals surface area (Å²) in [5.41, 5.74) is 0.682. The van der Waals surface area contributed by atoms with Crippen molar-refractivity contribution in [2.45, 2.75) is 13.1 Å². The summed E-state index contributed by atoms with van der Waals surface area (Å²) in [4.78, 5) is 18.6. The van der Waals surface area contributed by atoms with Crippen molar-refractivity contribution < 1.29 is 4.79 Å². The number of rotatable bonds is 1. The highest BCUT2D eigenvalue weighted by atomic mass is 79.9. The molecule has 1 aromatic heterocycles. The van der Waals surface area contributed by atoms with Crippen molar-refractivity contribution in [1.29, 1.82) is 0 Å². The van der Waals surface area contributed by atoms with Gasteiger partial charge in [0.05, 0.1) is 6.54 Å². The molecule has 0 fully saturated rings. The number of aromatic nitrogens is 2. The minimum Gasteiger partial charge on any atom is -0.332 e. The van der Waals surface area contributed by atoms with Gasteiger partial charge in [0, 0.05) is 40.0 Å². The lowest BCUT2D eigenvalue weighted by molar-refractivity contribution is 0.0707. The van der Waals surface area contributed by atoms with Gasteiger partial charge in [0.1, 0.15) is 5.82 Å². The summed E-state index contributed by atoms with van der Waals surface area (Å²) < 4.78 is 3.87. The average Bonchev–Trinajstić information content (AvgIpc) is 2.83. The lowest BCUT2D eigenvalue weighted by atomic mass is 10.2. The van der Waals surface area contributed by atoms with Crippen LogP contribution in [-0.4, -0.2) is 26.9 Å². The van der Waals surface area contributed by atoms with E-state index in [4.69, 9.17) is 0 Å². The van der Waals surface area contributed by atoms with Crippen LogP contribution in [0.5, 0.6) is 0 Å². The lowest BCUT2D eigenvalue weighted by Gasteiger charge is -2.27. The molecule has 2 heterocycles. The summed E-state index contributed by atoms with van der Waals surface area (Å²) in [5, 5.41) is 0. The van der Waals surface area contributed by atoms with Crippen LogP contribution >= 0.6 is 31.9 Å². The first-order valence-corrected chi connectivity index (χ1v) is 7.47. The van der Waals surface area contributed by atoms with E-state index in [1.807, 2.05) is 29.3 Å². The van der Waals surface area contributed by atoms with E-state index >= 15 is 0 Å². The molecule has 0 bridgehead atoms. The van der Waals surface area contributed by atoms with Crippen LogP contribution in [0.2, 0.25) is 0 Å². The summed E-state index contributed by atoms with van der Waals surface area (Å²) in [6.45, 7) is 2.08. The van der Waals surface area contributed by atoms with Gasteiger partial charge in [-0.2, -0.15) is 0 Å². The highest BCUT2D eigenvalue weighted by Gasteiger charge is 2.22. The Morgan fingerprint density at radius 3 is 2.63 bits per heavy atom. The van der Waals surface area contributed by atoms with Gasteiger partial charge >= 0.3 is 0 Å². The second kappa shape index (κ2) is 5.09. The molecule has 0 spiro atoms. The highest BCUT2D eigenvalue weighted by molar-refractivity contribution is 9.11. The van der Waals surface area contributed by atoms with Crippen LogP contribution in [0.4, 0.5) is 0 Å². The topological polar surface area (TPSA) is 38.1 Å². The molecule has 1 aliphatic heterocycles. The molecule has 0 N–H and O–H groups in total. The average molecular weight is 385 g/mol. The van der Waals surface area contributed by atoms with E-state index < -0.39 is 0 Å². The van der Waals surface area contributed by atoms with E-state index in [0.29, 0.717) is 18.7 Å². The second-order valence-electron chi connectivity index (χ2n) is 4.42. The van der Waals surface area contributed by atoms with Crippen LogP contribution in [-0.2, 0) is 13.1 Å². The number of halogens is 2. The Balaban J connectivity index is 1.85. The zero-order valence-corrected chi connectivity index (χ0v) is 13.2. The molecule has 1 aromatic carbocycles. The van der Waals surface area contributed by atoms with Crippen LogP contribution in [0, 0.1) is 0 Å². The number of carbonyl (C=O) groups is 1. The monoisotopic (exact) mass is 383 g/mol. The third-order valence-electron chi connectivity index (χ3n) is 3.14. The summed E-state index contributed by atoms with van der Waals surface area (Å²) in [6.07, 6.45) is 3.73. The Morgan fingerprint density at radius 1 is 1.16 bits per heavy atom. The molecule has 0 unspecified atom stereocenters. The van der Waals surface area contributed by atoms with Crippen molar-refractivity contribution >= 4 is 37.8 Å². The normalized spacial score (nSPS) is 14.3. The molecule has 4 nitrogen and oxygen atoms in total. The van der Waals surface area contributed by atoms with Crippen molar-refractivity contribution in [3.63, 3.8) is 0 Å². The van der Waals surface area contributed by atoms with Gasteiger partial charge in [0.25, 0.3) is 5.91 Å². The number of amides is 1. The number of hydrogen-bond donors (Lipinski definition) is 0. The molecule has 6 heteroatoms. The Hall–Kier alpha value is -1.14. The summed E-state index contributed by atoms with van der Waals surface area (Å²) in [6, 6.07) is 5.60. The maximum atomic E-state index is 12.5. The molecule has 1 amide bonds. The van der Waals surface area contributed by atoms with Crippen LogP contribution in [0.1, 0.15) is 16.2 Å². The first-order chi connectivity index (χ1) is 9.13. The number of imidazole rings is 1. The van der Waals surface area contributed by atoms with Gasteiger partial charge in [0.2, 0.25) is 0 Å². The fourth-order valence-corrected chi connectivity index (χ4v) is 3.50. The minimum absolute atomic E-state index is 0.0382. The summed E-state index contributed by atoms with van der Waals surface area (Å²) in [5.74, 6) is 0.977. The van der Waals surface area contributed by atoms with E-state index in [1.165, 1.54) is 0 Å². The summed E-state index contributed by atoms with van der Waals surface area (Å²) in [7, 11) is 0. The molecule has 3 rings (SSSR count). The van der Waals surface area contributed by atoms with Gasteiger partial charge in [-0.1, -0.05) is 31.9 Å². The standard InChI is InChI=1S/C13H11Br2N3O/c14-10-5-9(6-11(15)7-10)13(19)18-4-3-17-2-1-16-12(17)8-18/h1-2,5-7H,3-4,8H2. The van der Waals surface area contributed by atoms with Crippen molar-refractivity contribution in [1.82, 2.24) is 14.5 Å². The predicted molar refractivity (Wildman–Crippen MR) is 78.8 cm³/mol. The van der Waals surface area contributed by atoms with Crippen LogP contribution in [0.15, 0.2) is 39.5 Å². The molecule has 0 saturated heterocycles. The Morgan fingerprint density at radius 2 is 1.89 bits per heavy atom. The maximum Gasteiger partial charge on any atom is 0.254 e. The van der Waals surface area contributed by atoms with Crippen molar-refractivity contribution in [2.24, 2.45) is 0 Å². The van der Waals surface area contributed by atoms with E-state index in [9.17, 15) is 4.79 Å².